The van der Waals surface area contributed by atoms with Crippen LogP contribution >= 0.6 is 0 Å². The molecule has 0 unspecified atom stereocenters. The van der Waals surface area contributed by atoms with Gasteiger partial charge in [0.05, 0.1) is 12.8 Å². The Hall–Kier alpha value is -3.68. The third-order valence-electron chi connectivity index (χ3n) is 4.44. The topological polar surface area (TPSA) is 101 Å². The van der Waals surface area contributed by atoms with Crippen molar-refractivity contribution in [2.45, 2.75) is 26.8 Å². The number of aryl methyl sites for hydroxylation is 1. The molecule has 0 fully saturated rings. The molecule has 3 aromatic heterocycles. The minimum atomic E-state index is -0.180. The third kappa shape index (κ3) is 3.96. The van der Waals surface area contributed by atoms with E-state index >= 15 is 0 Å². The summed E-state index contributed by atoms with van der Waals surface area (Å²) >= 11 is 0. The molecule has 4 rings (SSSR count). The molecule has 8 heteroatoms. The molecular formula is C21H21N5O3. The Morgan fingerprint density at radius 2 is 1.97 bits per heavy atom. The first-order chi connectivity index (χ1) is 14.2. The Morgan fingerprint density at radius 3 is 2.69 bits per heavy atom. The fourth-order valence-corrected chi connectivity index (χ4v) is 3.05. The van der Waals surface area contributed by atoms with Gasteiger partial charge in [-0.25, -0.2) is 4.98 Å². The number of carbonyl (C=O) groups excluding carboxylic acids is 1. The zero-order chi connectivity index (χ0) is 20.2. The number of benzene rings is 1. The van der Waals surface area contributed by atoms with Crippen LogP contribution in [-0.2, 0) is 6.54 Å². The minimum absolute atomic E-state index is 0.180. The van der Waals surface area contributed by atoms with E-state index in [0.717, 1.165) is 17.7 Å². The first-order valence-corrected chi connectivity index (χ1v) is 9.43. The number of furan rings is 1. The fourth-order valence-electron chi connectivity index (χ4n) is 3.05. The van der Waals surface area contributed by atoms with Crippen molar-refractivity contribution in [3.8, 4) is 23.0 Å². The summed E-state index contributed by atoms with van der Waals surface area (Å²) in [5.41, 5.74) is 2.04. The number of rotatable bonds is 7. The number of nitrogens with one attached hydrogen (secondary N) is 1. The second-order valence-corrected chi connectivity index (χ2v) is 6.63. The summed E-state index contributed by atoms with van der Waals surface area (Å²) in [4.78, 5) is 22.6. The highest BCUT2D eigenvalue weighted by Gasteiger charge is 2.24. The molecule has 1 aromatic carbocycles. The Kier molecular flexibility index (Phi) is 5.24. The summed E-state index contributed by atoms with van der Waals surface area (Å²) in [5, 5.41) is 8.04. The number of hydrogen-bond donors (Lipinski definition) is 1. The van der Waals surface area contributed by atoms with Crippen LogP contribution in [0.3, 0.4) is 0 Å². The number of amides is 1. The largest absolute Gasteiger partial charge is 0.459 e. The Labute approximate surface area is 167 Å². The van der Waals surface area contributed by atoms with Crippen LogP contribution in [0.5, 0.6) is 0 Å². The Bertz CT molecular complexity index is 1080. The van der Waals surface area contributed by atoms with Crippen LogP contribution in [0.15, 0.2) is 57.6 Å². The molecule has 148 valence electrons. The van der Waals surface area contributed by atoms with E-state index in [0.29, 0.717) is 29.7 Å². The van der Waals surface area contributed by atoms with E-state index in [1.807, 2.05) is 44.2 Å². The highest BCUT2D eigenvalue weighted by Crippen LogP contribution is 2.21. The number of H-pyrrole nitrogens is 1. The molecule has 1 amide bonds. The summed E-state index contributed by atoms with van der Waals surface area (Å²) in [6.07, 6.45) is 2.33. The van der Waals surface area contributed by atoms with Gasteiger partial charge in [0.15, 0.2) is 5.76 Å². The van der Waals surface area contributed by atoms with Gasteiger partial charge in [-0.3, -0.25) is 4.79 Å². The molecule has 0 aliphatic carbocycles. The smallest absolute Gasteiger partial charge is 0.283 e. The van der Waals surface area contributed by atoms with Gasteiger partial charge in [0.1, 0.15) is 11.5 Å². The minimum Gasteiger partial charge on any atom is -0.459 e. The normalized spacial score (nSPS) is 11.0. The van der Waals surface area contributed by atoms with E-state index in [9.17, 15) is 4.79 Å². The van der Waals surface area contributed by atoms with E-state index in [4.69, 9.17) is 8.83 Å². The van der Waals surface area contributed by atoms with Crippen molar-refractivity contribution >= 4 is 5.91 Å². The lowest BCUT2D eigenvalue weighted by atomic mass is 10.2. The first kappa shape index (κ1) is 18.7. The molecule has 4 aromatic rings. The van der Waals surface area contributed by atoms with Gasteiger partial charge in [0.25, 0.3) is 11.8 Å². The van der Waals surface area contributed by atoms with E-state index in [2.05, 4.69) is 20.2 Å². The second-order valence-electron chi connectivity index (χ2n) is 6.63. The molecular weight excluding hydrogens is 370 g/mol. The summed E-state index contributed by atoms with van der Waals surface area (Å²) in [6, 6.07) is 13.2. The lowest BCUT2D eigenvalue weighted by Gasteiger charge is -2.19. The van der Waals surface area contributed by atoms with Crippen molar-refractivity contribution in [1.29, 1.82) is 0 Å². The van der Waals surface area contributed by atoms with Crippen molar-refractivity contribution in [2.75, 3.05) is 6.54 Å². The average Bonchev–Trinajstić information content (AvgIpc) is 3.48. The summed E-state index contributed by atoms with van der Waals surface area (Å²) in [7, 11) is 0. The van der Waals surface area contributed by atoms with Crippen molar-refractivity contribution in [1.82, 2.24) is 25.1 Å². The average molecular weight is 391 g/mol. The summed E-state index contributed by atoms with van der Waals surface area (Å²) < 4.78 is 10.9. The van der Waals surface area contributed by atoms with Crippen LogP contribution < -0.4 is 0 Å². The Morgan fingerprint density at radius 1 is 1.14 bits per heavy atom. The number of nitrogens with zero attached hydrogens (tertiary/aromatic N) is 4. The van der Waals surface area contributed by atoms with Crippen LogP contribution in [-0.4, -0.2) is 37.5 Å². The van der Waals surface area contributed by atoms with E-state index < -0.39 is 0 Å². The van der Waals surface area contributed by atoms with Gasteiger partial charge in [-0.1, -0.05) is 37.3 Å². The molecule has 0 bridgehead atoms. The number of carbonyl (C=O) groups is 1. The predicted octanol–water partition coefficient (Wildman–Crippen LogP) is 4.08. The number of aromatic nitrogens is 4. The molecule has 29 heavy (non-hydrogen) atoms. The van der Waals surface area contributed by atoms with E-state index in [1.54, 1.807) is 17.0 Å². The van der Waals surface area contributed by atoms with Gasteiger partial charge in [-0.15, -0.1) is 10.2 Å². The van der Waals surface area contributed by atoms with Crippen molar-refractivity contribution in [3.05, 3.63) is 66.0 Å². The summed E-state index contributed by atoms with van der Waals surface area (Å²) in [6.45, 7) is 4.60. The monoisotopic (exact) mass is 391 g/mol. The predicted molar refractivity (Wildman–Crippen MR) is 106 cm³/mol. The van der Waals surface area contributed by atoms with Crippen LogP contribution in [0.4, 0.5) is 0 Å². The van der Waals surface area contributed by atoms with Gasteiger partial charge < -0.3 is 18.7 Å². The molecule has 0 radical (unpaired) electrons. The molecule has 1 N–H and O–H groups in total. The summed E-state index contributed by atoms with van der Waals surface area (Å²) in [5.74, 6) is 1.61. The molecule has 0 aliphatic rings. The molecule has 0 saturated heterocycles. The zero-order valence-electron chi connectivity index (χ0n) is 16.3. The van der Waals surface area contributed by atoms with Gasteiger partial charge in [-0.05, 0) is 25.5 Å². The van der Waals surface area contributed by atoms with Gasteiger partial charge in [0.2, 0.25) is 5.89 Å². The van der Waals surface area contributed by atoms with Gasteiger partial charge in [-0.2, -0.15) is 0 Å². The molecule has 0 spiro atoms. The van der Waals surface area contributed by atoms with Crippen molar-refractivity contribution in [2.24, 2.45) is 0 Å². The van der Waals surface area contributed by atoms with Crippen LogP contribution in [0.1, 0.15) is 35.4 Å². The third-order valence-corrected chi connectivity index (χ3v) is 4.44. The lowest BCUT2D eigenvalue weighted by Crippen LogP contribution is -2.32. The maximum Gasteiger partial charge on any atom is 0.283 e. The molecule has 8 nitrogen and oxygen atoms in total. The van der Waals surface area contributed by atoms with Crippen molar-refractivity contribution in [3.63, 3.8) is 0 Å². The van der Waals surface area contributed by atoms with Crippen molar-refractivity contribution < 1.29 is 13.6 Å². The quantitative estimate of drug-likeness (QED) is 0.509. The lowest BCUT2D eigenvalue weighted by molar-refractivity contribution is 0.0722. The number of imidazole rings is 1. The maximum absolute atomic E-state index is 13.2. The van der Waals surface area contributed by atoms with Gasteiger partial charge in [0, 0.05) is 17.8 Å². The van der Waals surface area contributed by atoms with Crippen LogP contribution in [0.2, 0.25) is 0 Å². The maximum atomic E-state index is 13.2. The van der Waals surface area contributed by atoms with E-state index in [-0.39, 0.29) is 18.3 Å². The zero-order valence-corrected chi connectivity index (χ0v) is 16.3. The molecule has 0 aliphatic heterocycles. The molecule has 3 heterocycles. The van der Waals surface area contributed by atoms with Crippen LogP contribution in [0, 0.1) is 6.92 Å². The fraction of sp³-hybridized carbons (Fsp3) is 0.238. The standard InChI is InChI=1S/C21H21N5O3/c1-3-11-26(13-17-24-25-20(29-17)16-10-7-12-28-16)21(27)18-14(2)22-19(23-18)15-8-5-4-6-9-15/h4-10,12H,3,11,13H2,1-2H3,(H,22,23). The molecule has 0 atom stereocenters. The first-order valence-electron chi connectivity index (χ1n) is 9.43. The molecule has 0 saturated carbocycles. The van der Waals surface area contributed by atoms with Gasteiger partial charge >= 0.3 is 0 Å². The Balaban J connectivity index is 1.56. The highest BCUT2D eigenvalue weighted by molar-refractivity contribution is 5.94. The van der Waals surface area contributed by atoms with E-state index in [1.165, 1.54) is 6.26 Å². The SMILES string of the molecule is CCCN(Cc1nnc(-c2ccco2)o1)C(=O)c1nc(-c2ccccc2)[nH]c1C. The second kappa shape index (κ2) is 8.14. The van der Waals surface area contributed by atoms with Crippen LogP contribution in [0.25, 0.3) is 23.0 Å². The number of hydrogen-bond acceptors (Lipinski definition) is 6. The number of aromatic amines is 1. The highest BCUT2D eigenvalue weighted by atomic mass is 16.4.